The molecule has 1 N–H and O–H groups in total. The number of aromatic nitrogens is 2. The molecule has 1 aromatic carbocycles. The molecular formula is C23H35N5O2. The van der Waals surface area contributed by atoms with Gasteiger partial charge in [0.25, 0.3) is 0 Å². The second kappa shape index (κ2) is 9.27. The number of benzene rings is 1. The summed E-state index contributed by atoms with van der Waals surface area (Å²) in [7, 11) is 0. The lowest BCUT2D eigenvalue weighted by Crippen LogP contribution is -2.52. The van der Waals surface area contributed by atoms with Gasteiger partial charge in [-0.1, -0.05) is 51.9 Å². The first-order valence-electron chi connectivity index (χ1n) is 10.8. The zero-order chi connectivity index (χ0) is 21.9. The van der Waals surface area contributed by atoms with Gasteiger partial charge in [-0.05, 0) is 30.0 Å². The number of nitrogens with zero attached hydrogens (tertiary/aromatic N) is 4. The summed E-state index contributed by atoms with van der Waals surface area (Å²) >= 11 is 0. The molecule has 7 heteroatoms. The van der Waals surface area contributed by atoms with Crippen LogP contribution < -0.4 is 5.32 Å². The summed E-state index contributed by atoms with van der Waals surface area (Å²) in [5.41, 5.74) is 2.20. The normalized spacial score (nSPS) is 17.3. The van der Waals surface area contributed by atoms with Crippen LogP contribution in [0.4, 0.5) is 5.69 Å². The van der Waals surface area contributed by atoms with Gasteiger partial charge in [-0.25, -0.2) is 0 Å². The molecule has 3 rings (SSSR count). The molecule has 164 valence electrons. The molecule has 0 saturated carbocycles. The van der Waals surface area contributed by atoms with E-state index < -0.39 is 0 Å². The number of carbonyl (C=O) groups is 1. The summed E-state index contributed by atoms with van der Waals surface area (Å²) in [6, 6.07) is 7.96. The average molecular weight is 414 g/mol. The minimum atomic E-state index is -0.176. The van der Waals surface area contributed by atoms with Crippen molar-refractivity contribution >= 4 is 11.6 Å². The Kier molecular flexibility index (Phi) is 6.93. The molecule has 0 spiro atoms. The van der Waals surface area contributed by atoms with Gasteiger partial charge in [0.2, 0.25) is 11.8 Å². The molecule has 0 bridgehead atoms. The predicted octanol–water partition coefficient (Wildman–Crippen LogP) is 3.64. The third-order valence-electron chi connectivity index (χ3n) is 5.71. The maximum absolute atomic E-state index is 12.7. The van der Waals surface area contributed by atoms with E-state index in [1.165, 1.54) is 5.56 Å². The summed E-state index contributed by atoms with van der Waals surface area (Å²) in [6.07, 6.45) is 0. The average Bonchev–Trinajstić information content (AvgIpc) is 3.16. The van der Waals surface area contributed by atoms with Crippen LogP contribution in [0.2, 0.25) is 0 Å². The molecule has 1 saturated heterocycles. The lowest BCUT2D eigenvalue weighted by atomic mass is 9.87. The van der Waals surface area contributed by atoms with Gasteiger partial charge in [-0.2, -0.15) is 4.98 Å². The van der Waals surface area contributed by atoms with Gasteiger partial charge in [0.05, 0.1) is 12.6 Å². The van der Waals surface area contributed by atoms with Crippen LogP contribution >= 0.6 is 0 Å². The number of amides is 1. The Hall–Kier alpha value is -2.25. The third kappa shape index (κ3) is 5.67. The Labute approximate surface area is 179 Å². The highest BCUT2D eigenvalue weighted by molar-refractivity contribution is 5.94. The first-order chi connectivity index (χ1) is 14.1. The molecular weight excluding hydrogens is 378 g/mol. The molecule has 1 amide bonds. The molecule has 2 aromatic rings. The van der Waals surface area contributed by atoms with Crippen molar-refractivity contribution in [1.29, 1.82) is 0 Å². The smallest absolute Gasteiger partial charge is 0.241 e. The molecule has 0 radical (unpaired) electrons. The minimum Gasteiger partial charge on any atom is -0.338 e. The lowest BCUT2D eigenvalue weighted by molar-refractivity contribution is -0.121. The van der Waals surface area contributed by atoms with E-state index >= 15 is 0 Å². The molecule has 1 atom stereocenters. The fourth-order valence-electron chi connectivity index (χ4n) is 3.53. The Bertz CT molecular complexity index is 830. The van der Waals surface area contributed by atoms with E-state index in [2.05, 4.69) is 72.0 Å². The van der Waals surface area contributed by atoms with Gasteiger partial charge in [0.15, 0.2) is 5.82 Å². The summed E-state index contributed by atoms with van der Waals surface area (Å²) in [6.45, 7) is 16.7. The standard InChI is InChI=1S/C23H35N5O2/c1-16(2)21-25-20(30-26-21)15-27-11-13-28(14-12-27)17(3)22(29)24-19-9-7-18(8-10-19)23(4,5)6/h7-10,16-17H,11-15H2,1-6H3,(H,24,29). The quantitative estimate of drug-likeness (QED) is 0.779. The van der Waals surface area contributed by atoms with Crippen molar-refractivity contribution in [3.8, 4) is 0 Å². The number of anilines is 1. The summed E-state index contributed by atoms with van der Waals surface area (Å²) in [4.78, 5) is 21.7. The third-order valence-corrected chi connectivity index (χ3v) is 5.71. The van der Waals surface area contributed by atoms with Gasteiger partial charge < -0.3 is 9.84 Å². The van der Waals surface area contributed by atoms with E-state index in [9.17, 15) is 4.79 Å². The highest BCUT2D eigenvalue weighted by atomic mass is 16.5. The van der Waals surface area contributed by atoms with Gasteiger partial charge in [0, 0.05) is 37.8 Å². The van der Waals surface area contributed by atoms with Crippen LogP contribution in [0.15, 0.2) is 28.8 Å². The van der Waals surface area contributed by atoms with Crippen molar-refractivity contribution in [1.82, 2.24) is 19.9 Å². The number of nitrogens with one attached hydrogen (secondary N) is 1. The van der Waals surface area contributed by atoms with Crippen LogP contribution in [-0.2, 0) is 16.8 Å². The predicted molar refractivity (Wildman–Crippen MR) is 118 cm³/mol. The van der Waals surface area contributed by atoms with Gasteiger partial charge >= 0.3 is 0 Å². The fraction of sp³-hybridized carbons (Fsp3) is 0.609. The van der Waals surface area contributed by atoms with Gasteiger partial charge in [-0.3, -0.25) is 14.6 Å². The first-order valence-corrected chi connectivity index (χ1v) is 10.8. The lowest BCUT2D eigenvalue weighted by Gasteiger charge is -2.36. The molecule has 1 fully saturated rings. The maximum Gasteiger partial charge on any atom is 0.241 e. The Morgan fingerprint density at radius 1 is 1.10 bits per heavy atom. The first kappa shape index (κ1) is 22.4. The Balaban J connectivity index is 1.48. The molecule has 7 nitrogen and oxygen atoms in total. The highest BCUT2D eigenvalue weighted by Crippen LogP contribution is 2.23. The highest BCUT2D eigenvalue weighted by Gasteiger charge is 2.26. The van der Waals surface area contributed by atoms with Crippen LogP contribution in [0, 0.1) is 0 Å². The minimum absolute atomic E-state index is 0.0328. The Morgan fingerprint density at radius 3 is 2.27 bits per heavy atom. The zero-order valence-electron chi connectivity index (χ0n) is 19.1. The van der Waals surface area contributed by atoms with E-state index in [0.717, 1.165) is 37.7 Å². The number of hydrogen-bond donors (Lipinski definition) is 1. The van der Waals surface area contributed by atoms with Crippen LogP contribution in [0.3, 0.4) is 0 Å². The Morgan fingerprint density at radius 2 is 1.73 bits per heavy atom. The van der Waals surface area contributed by atoms with Crippen LogP contribution in [0.25, 0.3) is 0 Å². The van der Waals surface area contributed by atoms with E-state index in [0.29, 0.717) is 12.4 Å². The molecule has 1 aromatic heterocycles. The van der Waals surface area contributed by atoms with Crippen LogP contribution in [0.5, 0.6) is 0 Å². The van der Waals surface area contributed by atoms with Gasteiger partial charge in [-0.15, -0.1) is 0 Å². The van der Waals surface area contributed by atoms with Crippen molar-refractivity contribution < 1.29 is 9.32 Å². The van der Waals surface area contributed by atoms with E-state index in [1.807, 2.05) is 19.1 Å². The van der Waals surface area contributed by atoms with E-state index in [-0.39, 0.29) is 23.3 Å². The SMILES string of the molecule is CC(C)c1noc(CN2CCN(C(C)C(=O)Nc3ccc(C(C)(C)C)cc3)CC2)n1. The fourth-order valence-corrected chi connectivity index (χ4v) is 3.53. The van der Waals surface area contributed by atoms with Crippen molar-refractivity contribution in [2.45, 2.75) is 65.5 Å². The molecule has 1 aliphatic heterocycles. The van der Waals surface area contributed by atoms with Crippen LogP contribution in [0.1, 0.15) is 64.7 Å². The van der Waals surface area contributed by atoms with E-state index in [1.54, 1.807) is 0 Å². The second-order valence-corrected chi connectivity index (χ2v) is 9.51. The second-order valence-electron chi connectivity index (χ2n) is 9.51. The van der Waals surface area contributed by atoms with E-state index in [4.69, 9.17) is 4.52 Å². The van der Waals surface area contributed by atoms with Crippen LogP contribution in [-0.4, -0.2) is 58.1 Å². The molecule has 0 aliphatic carbocycles. The van der Waals surface area contributed by atoms with Crippen molar-refractivity contribution in [2.24, 2.45) is 0 Å². The zero-order valence-corrected chi connectivity index (χ0v) is 19.1. The summed E-state index contributed by atoms with van der Waals surface area (Å²) in [5, 5.41) is 7.08. The topological polar surface area (TPSA) is 74.5 Å². The largest absolute Gasteiger partial charge is 0.338 e. The monoisotopic (exact) mass is 413 g/mol. The molecule has 30 heavy (non-hydrogen) atoms. The number of hydrogen-bond acceptors (Lipinski definition) is 6. The molecule has 1 unspecified atom stereocenters. The van der Waals surface area contributed by atoms with Crippen molar-refractivity contribution in [3.05, 3.63) is 41.5 Å². The van der Waals surface area contributed by atoms with Gasteiger partial charge in [0.1, 0.15) is 0 Å². The summed E-state index contributed by atoms with van der Waals surface area (Å²) < 4.78 is 5.36. The van der Waals surface area contributed by atoms with Crippen molar-refractivity contribution in [2.75, 3.05) is 31.5 Å². The molecule has 2 heterocycles. The maximum atomic E-state index is 12.7. The van der Waals surface area contributed by atoms with Crippen molar-refractivity contribution in [3.63, 3.8) is 0 Å². The number of rotatable bonds is 6. The number of piperazine rings is 1. The number of carbonyl (C=O) groups excluding carboxylic acids is 1. The molecule has 1 aliphatic rings. The summed E-state index contributed by atoms with van der Waals surface area (Å²) in [5.74, 6) is 1.72.